The molecule has 0 aliphatic carbocycles. The molecule has 0 fully saturated rings. The molecule has 0 aromatic rings. The largest absolute Gasteiger partial charge is 0.462 e. The summed E-state index contributed by atoms with van der Waals surface area (Å²) in [5, 5.41) is 0. The van der Waals surface area contributed by atoms with Crippen molar-refractivity contribution in [2.75, 3.05) is 13.2 Å². The Balaban J connectivity index is 4.59. The first kappa shape index (κ1) is 63.3. The Labute approximate surface area is 417 Å². The Morgan fingerprint density at radius 2 is 0.588 bits per heavy atom. The highest BCUT2D eigenvalue weighted by atomic mass is 16.6. The summed E-state index contributed by atoms with van der Waals surface area (Å²) >= 11 is 0. The van der Waals surface area contributed by atoms with Gasteiger partial charge in [-0.2, -0.15) is 0 Å². The first-order valence-electron chi connectivity index (χ1n) is 26.8. The number of allylic oxidation sites excluding steroid dienone is 24. The molecule has 0 radical (unpaired) electrons. The third-order valence-electron chi connectivity index (χ3n) is 10.6. The standard InChI is InChI=1S/C62H96O6/c1-4-7-10-13-16-19-22-25-28-30-31-33-34-37-40-43-46-49-52-55-61(64)67-58-59(57-66-60(63)54-51-48-45-42-39-36-27-24-21-18-15-12-9-6-3)68-62(65)56-53-50-47-44-41-38-35-32-29-26-23-20-17-14-11-8-5-2/h7-8,10-11,15-20,24-29,31,33,35,37-38,40,44,47,59H,4-6,9,12-14,21-23,30,32,34,36,39,41-43,45-46,48-58H2,1-3H3/b10-7-,11-8-,18-15-,19-16-,20-17-,27-24-,28-25-,29-26-,33-31-,38-35-,40-37-,47-44-/t59-/m1/s1. The Morgan fingerprint density at radius 3 is 0.956 bits per heavy atom. The predicted octanol–water partition coefficient (Wildman–Crippen LogP) is 18.0. The molecular formula is C62H96O6. The SMILES string of the molecule is CC/C=C\C/C=C\C/C=C\C/C=C\C/C=C\CCCCCC(=O)OC[C@@H](COC(=O)CCCCCCC/C=C\C/C=C\CCCC)OC(=O)CCC/C=C\C/C=C\C/C=C\C/C=C\C/C=C\CC. The van der Waals surface area contributed by atoms with Crippen molar-refractivity contribution in [1.82, 2.24) is 0 Å². The molecule has 0 aliphatic rings. The molecule has 68 heavy (non-hydrogen) atoms. The summed E-state index contributed by atoms with van der Waals surface area (Å²) in [5.74, 6) is -1.04. The van der Waals surface area contributed by atoms with Crippen LogP contribution in [0.2, 0.25) is 0 Å². The lowest BCUT2D eigenvalue weighted by Gasteiger charge is -2.18. The van der Waals surface area contributed by atoms with Crippen LogP contribution < -0.4 is 0 Å². The maximum atomic E-state index is 12.8. The van der Waals surface area contributed by atoms with Crippen molar-refractivity contribution in [3.05, 3.63) is 146 Å². The van der Waals surface area contributed by atoms with E-state index in [1.807, 2.05) is 0 Å². The normalized spacial score (nSPS) is 13.3. The van der Waals surface area contributed by atoms with Crippen molar-refractivity contribution in [3.8, 4) is 0 Å². The van der Waals surface area contributed by atoms with Crippen LogP contribution in [0.15, 0.2) is 146 Å². The number of rotatable bonds is 46. The van der Waals surface area contributed by atoms with E-state index in [0.29, 0.717) is 19.3 Å². The molecule has 0 aromatic heterocycles. The quantitative estimate of drug-likeness (QED) is 0.0262. The van der Waals surface area contributed by atoms with Crippen molar-refractivity contribution in [2.45, 2.75) is 213 Å². The summed E-state index contributed by atoms with van der Waals surface area (Å²) in [6.07, 6.45) is 78.3. The van der Waals surface area contributed by atoms with E-state index in [9.17, 15) is 14.4 Å². The monoisotopic (exact) mass is 937 g/mol. The van der Waals surface area contributed by atoms with Gasteiger partial charge in [-0.3, -0.25) is 14.4 Å². The zero-order chi connectivity index (χ0) is 49.3. The minimum Gasteiger partial charge on any atom is -0.462 e. The third kappa shape index (κ3) is 52.3. The van der Waals surface area contributed by atoms with Gasteiger partial charge in [0.25, 0.3) is 0 Å². The van der Waals surface area contributed by atoms with Gasteiger partial charge in [-0.1, -0.05) is 205 Å². The van der Waals surface area contributed by atoms with Gasteiger partial charge in [0.2, 0.25) is 0 Å². The van der Waals surface area contributed by atoms with Gasteiger partial charge >= 0.3 is 17.9 Å². The van der Waals surface area contributed by atoms with E-state index < -0.39 is 6.10 Å². The van der Waals surface area contributed by atoms with Crippen LogP contribution in [0.25, 0.3) is 0 Å². The van der Waals surface area contributed by atoms with Crippen LogP contribution in [0.3, 0.4) is 0 Å². The predicted molar refractivity (Wildman–Crippen MR) is 292 cm³/mol. The van der Waals surface area contributed by atoms with Crippen LogP contribution in [-0.4, -0.2) is 37.2 Å². The molecule has 0 rings (SSSR count). The third-order valence-corrected chi connectivity index (χ3v) is 10.6. The van der Waals surface area contributed by atoms with Gasteiger partial charge in [-0.05, 0) is 128 Å². The maximum absolute atomic E-state index is 12.8. The summed E-state index contributed by atoms with van der Waals surface area (Å²) < 4.78 is 16.7. The van der Waals surface area contributed by atoms with Crippen molar-refractivity contribution in [3.63, 3.8) is 0 Å². The van der Waals surface area contributed by atoms with E-state index >= 15 is 0 Å². The Hall–Kier alpha value is -4.71. The molecule has 0 N–H and O–H groups in total. The summed E-state index contributed by atoms with van der Waals surface area (Å²) in [6, 6.07) is 0. The molecule has 0 bridgehead atoms. The average molecular weight is 937 g/mol. The Kier molecular flexibility index (Phi) is 51.1. The molecule has 0 spiro atoms. The number of ether oxygens (including phenoxy) is 3. The molecule has 0 amide bonds. The highest BCUT2D eigenvalue weighted by Crippen LogP contribution is 2.11. The van der Waals surface area contributed by atoms with E-state index in [2.05, 4.69) is 167 Å². The number of unbranched alkanes of at least 4 members (excludes halogenated alkanes) is 11. The molecule has 6 heteroatoms. The molecule has 0 unspecified atom stereocenters. The number of hydrogen-bond acceptors (Lipinski definition) is 6. The van der Waals surface area contributed by atoms with Gasteiger partial charge in [-0.25, -0.2) is 0 Å². The minimum absolute atomic E-state index is 0.125. The zero-order valence-corrected chi connectivity index (χ0v) is 43.3. The lowest BCUT2D eigenvalue weighted by atomic mass is 10.1. The van der Waals surface area contributed by atoms with Crippen LogP contribution in [0.4, 0.5) is 0 Å². The van der Waals surface area contributed by atoms with E-state index in [4.69, 9.17) is 14.2 Å². The second kappa shape index (κ2) is 54.9. The van der Waals surface area contributed by atoms with Crippen molar-refractivity contribution >= 4 is 17.9 Å². The highest BCUT2D eigenvalue weighted by Gasteiger charge is 2.19. The van der Waals surface area contributed by atoms with E-state index in [1.54, 1.807) is 0 Å². The van der Waals surface area contributed by atoms with Gasteiger partial charge in [-0.15, -0.1) is 0 Å². The topological polar surface area (TPSA) is 78.9 Å². The Bertz CT molecular complexity index is 1540. The number of hydrogen-bond donors (Lipinski definition) is 0. The molecule has 0 saturated carbocycles. The second-order valence-electron chi connectivity index (χ2n) is 17.0. The van der Waals surface area contributed by atoms with Gasteiger partial charge in [0.1, 0.15) is 13.2 Å². The molecular weight excluding hydrogens is 841 g/mol. The van der Waals surface area contributed by atoms with Crippen LogP contribution >= 0.6 is 0 Å². The van der Waals surface area contributed by atoms with E-state index in [0.717, 1.165) is 141 Å². The first-order valence-corrected chi connectivity index (χ1v) is 26.8. The van der Waals surface area contributed by atoms with Crippen LogP contribution in [-0.2, 0) is 28.6 Å². The van der Waals surface area contributed by atoms with Crippen LogP contribution in [0, 0.1) is 0 Å². The van der Waals surface area contributed by atoms with Gasteiger partial charge in [0.15, 0.2) is 6.10 Å². The molecule has 1 atom stereocenters. The summed E-state index contributed by atoms with van der Waals surface area (Å²) in [4.78, 5) is 38.1. The van der Waals surface area contributed by atoms with Crippen LogP contribution in [0.5, 0.6) is 0 Å². The fourth-order valence-electron chi connectivity index (χ4n) is 6.58. The molecule has 6 nitrogen and oxygen atoms in total. The maximum Gasteiger partial charge on any atom is 0.306 e. The lowest BCUT2D eigenvalue weighted by molar-refractivity contribution is -0.167. The molecule has 0 saturated heterocycles. The van der Waals surface area contributed by atoms with Crippen molar-refractivity contribution < 1.29 is 28.6 Å². The molecule has 0 heterocycles. The summed E-state index contributed by atoms with van der Waals surface area (Å²) in [7, 11) is 0. The minimum atomic E-state index is -0.834. The number of carbonyl (C=O) groups excluding carboxylic acids is 3. The summed E-state index contributed by atoms with van der Waals surface area (Å²) in [5.41, 5.74) is 0. The Morgan fingerprint density at radius 1 is 0.309 bits per heavy atom. The zero-order valence-electron chi connectivity index (χ0n) is 43.3. The number of carbonyl (C=O) groups is 3. The molecule has 380 valence electrons. The smallest absolute Gasteiger partial charge is 0.306 e. The van der Waals surface area contributed by atoms with Crippen molar-refractivity contribution in [2.24, 2.45) is 0 Å². The fraction of sp³-hybridized carbons (Fsp3) is 0.565. The van der Waals surface area contributed by atoms with E-state index in [1.165, 1.54) is 19.3 Å². The lowest BCUT2D eigenvalue weighted by Crippen LogP contribution is -2.30. The summed E-state index contributed by atoms with van der Waals surface area (Å²) in [6.45, 7) is 6.26. The van der Waals surface area contributed by atoms with Gasteiger partial charge < -0.3 is 14.2 Å². The van der Waals surface area contributed by atoms with Gasteiger partial charge in [0.05, 0.1) is 0 Å². The first-order chi connectivity index (χ1) is 33.5. The van der Waals surface area contributed by atoms with E-state index in [-0.39, 0.29) is 37.5 Å². The number of esters is 3. The van der Waals surface area contributed by atoms with Crippen LogP contribution in [0.1, 0.15) is 207 Å². The van der Waals surface area contributed by atoms with Gasteiger partial charge in [0, 0.05) is 19.3 Å². The molecule has 0 aliphatic heterocycles. The second-order valence-corrected chi connectivity index (χ2v) is 17.0. The molecule has 0 aromatic carbocycles. The fourth-order valence-corrected chi connectivity index (χ4v) is 6.58. The van der Waals surface area contributed by atoms with Crippen molar-refractivity contribution in [1.29, 1.82) is 0 Å². The highest BCUT2D eigenvalue weighted by molar-refractivity contribution is 5.71. The average Bonchev–Trinajstić information content (AvgIpc) is 3.34.